The van der Waals surface area contributed by atoms with Crippen molar-refractivity contribution in [2.75, 3.05) is 6.54 Å². The Morgan fingerprint density at radius 1 is 1.19 bits per heavy atom. The summed E-state index contributed by atoms with van der Waals surface area (Å²) in [6.45, 7) is 0.605. The lowest BCUT2D eigenvalue weighted by Gasteiger charge is -2.51. The summed E-state index contributed by atoms with van der Waals surface area (Å²) in [5.41, 5.74) is 7.67. The summed E-state index contributed by atoms with van der Waals surface area (Å²) in [7, 11) is -0.420. The number of benzene rings is 1. The molecule has 0 unspecified atom stereocenters. The van der Waals surface area contributed by atoms with Gasteiger partial charge in [0.25, 0.3) is 5.91 Å². The maximum Gasteiger partial charge on any atom is 0.436 e. The van der Waals surface area contributed by atoms with Crippen LogP contribution in [0.4, 0.5) is 0 Å². The fourth-order valence-corrected chi connectivity index (χ4v) is 4.82. The van der Waals surface area contributed by atoms with Crippen LogP contribution in [0.15, 0.2) is 24.3 Å². The van der Waals surface area contributed by atoms with Gasteiger partial charge in [-0.15, -0.1) is 11.6 Å². The highest BCUT2D eigenvalue weighted by molar-refractivity contribution is 6.24. The van der Waals surface area contributed by atoms with Crippen molar-refractivity contribution < 1.29 is 14.5 Å². The molecule has 5 nitrogen and oxygen atoms in total. The number of amides is 1. The number of rotatable bonds is 9. The molecule has 1 aromatic rings. The van der Waals surface area contributed by atoms with E-state index >= 15 is 0 Å². The fourth-order valence-electron chi connectivity index (χ4n) is 4.54. The van der Waals surface area contributed by atoms with E-state index in [9.17, 15) is 4.79 Å². The second-order valence-electron chi connectivity index (χ2n) is 8.05. The molecule has 0 aliphatic heterocycles. The Morgan fingerprint density at radius 3 is 2.37 bits per heavy atom. The molecule has 3 fully saturated rings. The van der Waals surface area contributed by atoms with Crippen LogP contribution in [0.25, 0.3) is 0 Å². The summed E-state index contributed by atoms with van der Waals surface area (Å²) in [6.07, 6.45) is 8.48. The van der Waals surface area contributed by atoms with Crippen molar-refractivity contribution in [3.05, 3.63) is 35.4 Å². The van der Waals surface area contributed by atoms with Crippen LogP contribution < -0.4 is 11.1 Å². The summed E-state index contributed by atoms with van der Waals surface area (Å²) in [5.74, 6) is -0.183. The average Bonchev–Trinajstić information content (AvgIpc) is 2.69. The lowest BCUT2D eigenvalue weighted by Crippen LogP contribution is -2.45. The third-order valence-electron chi connectivity index (χ3n) is 6.40. The molecule has 3 saturated carbocycles. The van der Waals surface area contributed by atoms with Crippen LogP contribution in [0, 0.1) is 0 Å². The highest BCUT2D eigenvalue weighted by Crippen LogP contribution is 2.56. The normalized spacial score (nSPS) is 28.0. The Morgan fingerprint density at radius 2 is 1.81 bits per heavy atom. The van der Waals surface area contributed by atoms with Crippen LogP contribution in [0.2, 0.25) is 0 Å². The monoisotopic (exact) mass is 392 g/mol. The molecular formula is C20H30BClN2O3. The van der Waals surface area contributed by atoms with Gasteiger partial charge in [-0.2, -0.15) is 0 Å². The number of hydrogen-bond donors (Lipinski definition) is 3. The molecule has 0 heterocycles. The molecule has 7 heteroatoms. The molecule has 0 spiro atoms. The van der Waals surface area contributed by atoms with Crippen LogP contribution >= 0.6 is 11.6 Å². The van der Waals surface area contributed by atoms with Crippen molar-refractivity contribution in [3.63, 3.8) is 0 Å². The summed E-state index contributed by atoms with van der Waals surface area (Å²) in [4.78, 5) is 12.6. The molecule has 1 amide bonds. The maximum atomic E-state index is 12.5. The Kier molecular flexibility index (Phi) is 6.85. The first-order chi connectivity index (χ1) is 13.0. The zero-order chi connectivity index (χ0) is 19.3. The van der Waals surface area contributed by atoms with Crippen LogP contribution in [-0.4, -0.2) is 36.3 Å². The van der Waals surface area contributed by atoms with Crippen LogP contribution in [0.1, 0.15) is 73.7 Å². The van der Waals surface area contributed by atoms with Gasteiger partial charge in [0.05, 0.1) is 0 Å². The quantitative estimate of drug-likeness (QED) is 0.261. The van der Waals surface area contributed by atoms with E-state index in [0.717, 1.165) is 51.4 Å². The first-order valence-corrected chi connectivity index (χ1v) is 10.4. The van der Waals surface area contributed by atoms with E-state index < -0.39 is 13.9 Å². The molecule has 3 aliphatic rings. The van der Waals surface area contributed by atoms with Gasteiger partial charge < -0.3 is 20.7 Å². The van der Waals surface area contributed by atoms with Gasteiger partial charge in [-0.25, -0.2) is 0 Å². The summed E-state index contributed by atoms with van der Waals surface area (Å²) in [6, 6.07) is 7.98. The van der Waals surface area contributed by atoms with Crippen molar-refractivity contribution in [2.24, 2.45) is 5.73 Å². The second-order valence-corrected chi connectivity index (χ2v) is 8.85. The molecule has 1 aromatic carbocycles. The molecular weight excluding hydrogens is 362 g/mol. The zero-order valence-corrected chi connectivity index (χ0v) is 16.6. The molecule has 0 aromatic heterocycles. The van der Waals surface area contributed by atoms with Crippen molar-refractivity contribution in [1.29, 1.82) is 0 Å². The van der Waals surface area contributed by atoms with Gasteiger partial charge in [-0.1, -0.05) is 12.1 Å². The van der Waals surface area contributed by atoms with E-state index in [2.05, 4.69) is 17.4 Å². The molecule has 1 atom stereocenters. The number of carbonyl (C=O) groups excluding carboxylic acids is 1. The number of fused-ring (bicyclic) bond motifs is 3. The van der Waals surface area contributed by atoms with Gasteiger partial charge in [0, 0.05) is 10.4 Å². The van der Waals surface area contributed by atoms with Crippen molar-refractivity contribution in [2.45, 2.75) is 74.3 Å². The van der Waals surface area contributed by atoms with Crippen LogP contribution in [-0.2, 0) is 10.1 Å². The molecule has 0 saturated heterocycles. The lowest BCUT2D eigenvalue weighted by molar-refractivity contribution is 0.0791. The topological polar surface area (TPSA) is 84.6 Å². The van der Waals surface area contributed by atoms with Gasteiger partial charge in [-0.05, 0) is 87.4 Å². The van der Waals surface area contributed by atoms with Crippen LogP contribution in [0.3, 0.4) is 0 Å². The number of carbonyl (C=O) groups is 1. The molecule has 2 bridgehead atoms. The minimum absolute atomic E-state index is 0.0349. The van der Waals surface area contributed by atoms with E-state index in [1.54, 1.807) is 0 Å². The standard InChI is InChI=1S/C20H30BClN2O3/c22-20-11-8-19(9-12-20,10-13-20)16-6-4-15(5-7-16)18(25)24-17(27-21-26)3-1-2-14-23/h4-7,17,21,26H,1-3,8-14,23H2,(H,24,25)/t17-,19?,20?/m1/s1. The smallest absolute Gasteiger partial charge is 0.430 e. The van der Waals surface area contributed by atoms with E-state index in [4.69, 9.17) is 27.0 Å². The Hall–Kier alpha value is -1.08. The highest BCUT2D eigenvalue weighted by Gasteiger charge is 2.48. The van der Waals surface area contributed by atoms with Gasteiger partial charge >= 0.3 is 7.69 Å². The average molecular weight is 393 g/mol. The molecule has 148 valence electrons. The molecule has 4 N–H and O–H groups in total. The Bertz CT molecular complexity index is 616. The third kappa shape index (κ3) is 4.86. The van der Waals surface area contributed by atoms with Crippen molar-refractivity contribution >= 4 is 25.2 Å². The minimum atomic E-state index is -0.499. The SMILES string of the molecule is NCCCC[C@H](NC(=O)c1ccc(C23CCC(Cl)(CC2)CC3)cc1)OBO. The van der Waals surface area contributed by atoms with Crippen LogP contribution in [0.5, 0.6) is 0 Å². The van der Waals surface area contributed by atoms with Gasteiger partial charge in [0.1, 0.15) is 6.23 Å². The predicted octanol–water partition coefficient (Wildman–Crippen LogP) is 2.73. The largest absolute Gasteiger partial charge is 0.436 e. The number of nitrogens with two attached hydrogens (primary N) is 1. The lowest BCUT2D eigenvalue weighted by atomic mass is 9.57. The number of nitrogens with one attached hydrogen (secondary N) is 1. The Balaban J connectivity index is 1.61. The summed E-state index contributed by atoms with van der Waals surface area (Å²) >= 11 is 6.64. The number of halogens is 1. The molecule has 3 aliphatic carbocycles. The van der Waals surface area contributed by atoms with E-state index in [0.29, 0.717) is 18.5 Å². The fraction of sp³-hybridized carbons (Fsp3) is 0.650. The number of unbranched alkanes of at least 4 members (excludes halogenated alkanes) is 1. The second kappa shape index (κ2) is 8.95. The van der Waals surface area contributed by atoms with Crippen molar-refractivity contribution in [1.82, 2.24) is 5.32 Å². The summed E-state index contributed by atoms with van der Waals surface area (Å²) in [5, 5.41) is 11.9. The van der Waals surface area contributed by atoms with Gasteiger partial charge in [-0.3, -0.25) is 4.79 Å². The minimum Gasteiger partial charge on any atom is -0.430 e. The van der Waals surface area contributed by atoms with Gasteiger partial charge in [0.15, 0.2) is 0 Å². The van der Waals surface area contributed by atoms with E-state index in [1.165, 1.54) is 5.56 Å². The number of hydrogen-bond acceptors (Lipinski definition) is 4. The molecule has 27 heavy (non-hydrogen) atoms. The molecule has 0 radical (unpaired) electrons. The number of alkyl halides is 1. The Labute approximate surface area is 167 Å². The third-order valence-corrected chi connectivity index (χ3v) is 6.97. The maximum absolute atomic E-state index is 12.5. The summed E-state index contributed by atoms with van der Waals surface area (Å²) < 4.78 is 5.22. The van der Waals surface area contributed by atoms with E-state index in [1.807, 2.05) is 12.1 Å². The zero-order valence-electron chi connectivity index (χ0n) is 15.9. The predicted molar refractivity (Wildman–Crippen MR) is 109 cm³/mol. The van der Waals surface area contributed by atoms with Gasteiger partial charge in [0.2, 0.25) is 0 Å². The van der Waals surface area contributed by atoms with Crippen molar-refractivity contribution in [3.8, 4) is 0 Å². The first-order valence-electron chi connectivity index (χ1n) is 10.0. The first kappa shape index (κ1) is 20.7. The molecule has 4 rings (SSSR count). The highest BCUT2D eigenvalue weighted by atomic mass is 35.5. The van der Waals surface area contributed by atoms with E-state index in [-0.39, 0.29) is 16.2 Å².